The molecule has 0 radical (unpaired) electrons. The standard InChI is InChI=1S/C37H20N6S2.2Pt/c1-3-17-39-33(11-1)25-7-5-9-27(19-25)44-29-13-15-31-32-16-14-30(22-36(32)43(35(31)21-29)37-41-23-38-24-42-37)45-28-10-6-8-26(20-28)34-12-2-4-18-40-34;;/h1-18,23-24H;;/q-4;2*+2. The van der Waals surface area contributed by atoms with Gasteiger partial charge >= 0.3 is 42.1 Å². The van der Waals surface area contributed by atoms with Gasteiger partial charge in [0.1, 0.15) is 12.7 Å². The summed E-state index contributed by atoms with van der Waals surface area (Å²) < 4.78 is 2.00. The number of aromatic nitrogens is 6. The molecule has 0 saturated carbocycles. The molecular formula is C37H20N6Pt2S2. The zero-order chi connectivity index (χ0) is 30.0. The van der Waals surface area contributed by atoms with Crippen LogP contribution in [0.25, 0.3) is 50.3 Å². The van der Waals surface area contributed by atoms with E-state index in [0.29, 0.717) is 5.95 Å². The fraction of sp³-hybridized carbons (Fsp3) is 0. The van der Waals surface area contributed by atoms with Crippen LogP contribution in [0.15, 0.2) is 142 Å². The van der Waals surface area contributed by atoms with Crippen LogP contribution >= 0.6 is 23.5 Å². The average molecular weight is 1000 g/mol. The summed E-state index contributed by atoms with van der Waals surface area (Å²) in [6.45, 7) is 0. The maximum Gasteiger partial charge on any atom is 2.00 e. The number of pyridine rings is 2. The second kappa shape index (κ2) is 14.9. The van der Waals surface area contributed by atoms with Gasteiger partial charge in [-0.2, -0.15) is 35.0 Å². The summed E-state index contributed by atoms with van der Waals surface area (Å²) in [5.74, 6) is 0.509. The summed E-state index contributed by atoms with van der Waals surface area (Å²) >= 11 is 3.20. The van der Waals surface area contributed by atoms with Crippen LogP contribution in [0.2, 0.25) is 0 Å². The van der Waals surface area contributed by atoms with Crippen molar-refractivity contribution in [2.24, 2.45) is 0 Å². The molecule has 0 aliphatic carbocycles. The summed E-state index contributed by atoms with van der Waals surface area (Å²) in [5, 5.41) is 2.08. The van der Waals surface area contributed by atoms with Crippen LogP contribution in [0.4, 0.5) is 0 Å². The average Bonchev–Trinajstić information content (AvgIpc) is 3.42. The van der Waals surface area contributed by atoms with E-state index in [-0.39, 0.29) is 42.1 Å². The van der Waals surface area contributed by atoms with Crippen molar-refractivity contribution in [3.8, 4) is 28.5 Å². The number of fused-ring (bicyclic) bond motifs is 3. The van der Waals surface area contributed by atoms with Gasteiger partial charge in [0.05, 0.1) is 0 Å². The molecule has 0 bridgehead atoms. The van der Waals surface area contributed by atoms with Crippen molar-refractivity contribution in [2.45, 2.75) is 19.6 Å². The largest absolute Gasteiger partial charge is 2.00 e. The molecule has 47 heavy (non-hydrogen) atoms. The first kappa shape index (κ1) is 33.0. The SMILES string of the molecule is [Pt+2].[Pt+2].[c-]1c(Sc2[c-]c3c(cc2)c2ccc(Sc4[c-]c(-c5ccccn5)ccc4)[c-]c2n3-c2ncncn2)cccc1-c1ccccn1. The van der Waals surface area contributed by atoms with Crippen LogP contribution < -0.4 is 0 Å². The topological polar surface area (TPSA) is 69.4 Å². The van der Waals surface area contributed by atoms with E-state index in [1.165, 1.54) is 12.7 Å². The predicted molar refractivity (Wildman–Crippen MR) is 177 cm³/mol. The van der Waals surface area contributed by atoms with Gasteiger partial charge in [0, 0.05) is 12.4 Å². The Balaban J connectivity index is 0.00000193. The molecule has 0 atom stereocenters. The fourth-order valence-corrected chi connectivity index (χ4v) is 6.75. The monoisotopic (exact) mass is 1000 g/mol. The van der Waals surface area contributed by atoms with Gasteiger partial charge in [-0.15, -0.1) is 105 Å². The predicted octanol–water partition coefficient (Wildman–Crippen LogP) is 8.59. The Kier molecular flexibility index (Phi) is 10.4. The second-order valence-electron chi connectivity index (χ2n) is 9.93. The third-order valence-electron chi connectivity index (χ3n) is 7.07. The smallest absolute Gasteiger partial charge is 0.328 e. The molecule has 8 rings (SSSR count). The van der Waals surface area contributed by atoms with Crippen molar-refractivity contribution in [3.05, 3.63) is 146 Å². The first-order chi connectivity index (χ1) is 22.3. The molecule has 0 unspecified atom stereocenters. The Bertz CT molecular complexity index is 2140. The van der Waals surface area contributed by atoms with Crippen LogP contribution in [0.5, 0.6) is 0 Å². The molecule has 0 spiro atoms. The Hall–Kier alpha value is -3.93. The molecule has 6 nitrogen and oxygen atoms in total. The van der Waals surface area contributed by atoms with Crippen molar-refractivity contribution in [1.29, 1.82) is 0 Å². The van der Waals surface area contributed by atoms with Crippen LogP contribution in [0.3, 0.4) is 0 Å². The molecular weight excluding hydrogens is 983 g/mol. The van der Waals surface area contributed by atoms with E-state index in [1.54, 1.807) is 35.9 Å². The number of nitrogens with zero attached hydrogens (tertiary/aromatic N) is 6. The summed E-state index contributed by atoms with van der Waals surface area (Å²) in [6, 6.07) is 46.7. The summed E-state index contributed by atoms with van der Waals surface area (Å²) in [6.07, 6.45) is 6.60. The van der Waals surface area contributed by atoms with Gasteiger partial charge < -0.3 is 14.5 Å². The van der Waals surface area contributed by atoms with E-state index in [9.17, 15) is 0 Å². The molecule has 230 valence electrons. The van der Waals surface area contributed by atoms with E-state index in [4.69, 9.17) is 0 Å². The quantitative estimate of drug-likeness (QED) is 0.148. The molecule has 4 aromatic carbocycles. The van der Waals surface area contributed by atoms with Crippen LogP contribution in [-0.4, -0.2) is 29.5 Å². The maximum atomic E-state index is 4.50. The summed E-state index contributed by atoms with van der Waals surface area (Å²) in [4.78, 5) is 25.9. The molecule has 4 heterocycles. The molecule has 0 aliphatic rings. The normalized spacial score (nSPS) is 10.8. The van der Waals surface area contributed by atoms with E-state index in [2.05, 4.69) is 73.5 Å². The Morgan fingerprint density at radius 1 is 0.468 bits per heavy atom. The minimum atomic E-state index is 0. The second-order valence-corrected chi connectivity index (χ2v) is 12.1. The number of benzene rings is 4. The molecule has 10 heteroatoms. The van der Waals surface area contributed by atoms with Crippen molar-refractivity contribution >= 4 is 45.3 Å². The van der Waals surface area contributed by atoms with Gasteiger partial charge in [0.25, 0.3) is 0 Å². The third kappa shape index (κ3) is 7.02. The number of rotatable bonds is 7. The van der Waals surface area contributed by atoms with Crippen LogP contribution in [-0.2, 0) is 42.1 Å². The Morgan fingerprint density at radius 2 is 0.957 bits per heavy atom. The third-order valence-corrected chi connectivity index (χ3v) is 8.90. The zero-order valence-electron chi connectivity index (χ0n) is 24.2. The van der Waals surface area contributed by atoms with Crippen molar-refractivity contribution < 1.29 is 42.1 Å². The fourth-order valence-electron chi connectivity index (χ4n) is 5.09. The first-order valence-electron chi connectivity index (χ1n) is 14.1. The molecule has 0 N–H and O–H groups in total. The van der Waals surface area contributed by atoms with Gasteiger partial charge in [-0.3, -0.25) is 0 Å². The van der Waals surface area contributed by atoms with Gasteiger partial charge in [-0.25, -0.2) is 15.0 Å². The van der Waals surface area contributed by atoms with Crippen molar-refractivity contribution in [3.63, 3.8) is 0 Å². The van der Waals surface area contributed by atoms with E-state index in [1.807, 2.05) is 77.4 Å². The molecule has 0 amide bonds. The van der Waals surface area contributed by atoms with Crippen LogP contribution in [0, 0.1) is 24.3 Å². The zero-order valence-corrected chi connectivity index (χ0v) is 30.4. The van der Waals surface area contributed by atoms with Gasteiger partial charge in [-0.1, -0.05) is 45.1 Å². The van der Waals surface area contributed by atoms with E-state index < -0.39 is 0 Å². The molecule has 4 aromatic heterocycles. The van der Waals surface area contributed by atoms with Crippen molar-refractivity contribution in [1.82, 2.24) is 29.5 Å². The molecule has 0 aliphatic heterocycles. The van der Waals surface area contributed by atoms with Gasteiger partial charge in [0.2, 0.25) is 5.95 Å². The molecule has 0 fully saturated rings. The number of hydrogen-bond acceptors (Lipinski definition) is 7. The first-order valence-corrected chi connectivity index (χ1v) is 15.7. The molecule has 8 aromatic rings. The summed E-state index contributed by atoms with van der Waals surface area (Å²) in [5.41, 5.74) is 5.40. The number of hydrogen-bond donors (Lipinski definition) is 0. The Labute approximate surface area is 309 Å². The maximum absolute atomic E-state index is 4.50. The minimum absolute atomic E-state index is 0. The van der Waals surface area contributed by atoms with E-state index >= 15 is 0 Å². The van der Waals surface area contributed by atoms with Gasteiger partial charge in [0.15, 0.2) is 0 Å². The van der Waals surface area contributed by atoms with Gasteiger partial charge in [-0.05, 0) is 23.5 Å². The molecule has 0 saturated heterocycles. The minimum Gasteiger partial charge on any atom is -0.328 e. The summed E-state index contributed by atoms with van der Waals surface area (Å²) in [7, 11) is 0. The van der Waals surface area contributed by atoms with E-state index in [0.717, 1.165) is 63.9 Å². The van der Waals surface area contributed by atoms with Crippen molar-refractivity contribution in [2.75, 3.05) is 0 Å². The Morgan fingerprint density at radius 3 is 1.43 bits per heavy atom. The van der Waals surface area contributed by atoms with Crippen LogP contribution in [0.1, 0.15) is 0 Å².